The molecule has 1 N–H and O–H groups in total. The third-order valence-electron chi connectivity index (χ3n) is 2.93. The van der Waals surface area contributed by atoms with E-state index in [1.54, 1.807) is 23.1 Å². The average Bonchev–Trinajstić information content (AvgIpc) is 2.83. The number of thioether (sulfide) groups is 1. The lowest BCUT2D eigenvalue weighted by molar-refractivity contribution is 0.0944. The van der Waals surface area contributed by atoms with Gasteiger partial charge in [0.15, 0.2) is 0 Å². The van der Waals surface area contributed by atoms with Crippen molar-refractivity contribution in [2.24, 2.45) is 0 Å². The number of hydrogen-bond acceptors (Lipinski definition) is 3. The molecule has 92 valence electrons. The van der Waals surface area contributed by atoms with Gasteiger partial charge >= 0.3 is 0 Å². The Bertz CT molecular complexity index is 577. The molecule has 1 amide bonds. The van der Waals surface area contributed by atoms with Crippen LogP contribution in [0.15, 0.2) is 40.6 Å². The van der Waals surface area contributed by atoms with Crippen molar-refractivity contribution in [2.75, 3.05) is 0 Å². The van der Waals surface area contributed by atoms with E-state index in [9.17, 15) is 4.79 Å². The summed E-state index contributed by atoms with van der Waals surface area (Å²) in [7, 11) is 0. The Labute approximate surface area is 114 Å². The summed E-state index contributed by atoms with van der Waals surface area (Å²) in [5.74, 6) is 0.0496. The molecule has 0 bridgehead atoms. The summed E-state index contributed by atoms with van der Waals surface area (Å²) in [6.45, 7) is 2.12. The molecule has 1 aromatic carbocycles. The molecular formula is C14H13NOS2. The molecule has 0 unspecified atom stereocenters. The molecule has 2 heterocycles. The Hall–Kier alpha value is -1.26. The maximum absolute atomic E-state index is 12.1. The Kier molecular flexibility index (Phi) is 3.14. The lowest BCUT2D eigenvalue weighted by Crippen LogP contribution is -2.29. The van der Waals surface area contributed by atoms with E-state index in [2.05, 4.69) is 24.4 Å². The summed E-state index contributed by atoms with van der Waals surface area (Å²) in [5.41, 5.74) is 1.99. The minimum Gasteiger partial charge on any atom is -0.336 e. The second-order valence-corrected chi connectivity index (χ2v) is 6.66. The Morgan fingerprint density at radius 1 is 1.28 bits per heavy atom. The van der Waals surface area contributed by atoms with Gasteiger partial charge in [-0.2, -0.15) is 0 Å². The van der Waals surface area contributed by atoms with Gasteiger partial charge in [0, 0.05) is 4.88 Å². The first-order valence-electron chi connectivity index (χ1n) is 5.93. The van der Waals surface area contributed by atoms with E-state index in [4.69, 9.17) is 0 Å². The highest BCUT2D eigenvalue weighted by molar-refractivity contribution is 8.01. The van der Waals surface area contributed by atoms with Crippen molar-refractivity contribution in [3.05, 3.63) is 52.4 Å². The van der Waals surface area contributed by atoms with Crippen LogP contribution in [0.4, 0.5) is 0 Å². The summed E-state index contributed by atoms with van der Waals surface area (Å²) in [4.78, 5) is 13.4. The molecule has 0 aliphatic carbocycles. The highest BCUT2D eigenvalue weighted by Crippen LogP contribution is 2.43. The van der Waals surface area contributed by atoms with Crippen molar-refractivity contribution in [2.45, 2.75) is 22.9 Å². The van der Waals surface area contributed by atoms with Crippen molar-refractivity contribution in [3.8, 4) is 0 Å². The van der Waals surface area contributed by atoms with Crippen molar-refractivity contribution in [3.63, 3.8) is 0 Å². The minimum absolute atomic E-state index is 0.0366. The molecule has 2 aromatic rings. The molecule has 1 aliphatic rings. The number of hydrogen-bond donors (Lipinski definition) is 1. The van der Waals surface area contributed by atoms with Crippen LogP contribution in [0.1, 0.15) is 33.1 Å². The van der Waals surface area contributed by atoms with Gasteiger partial charge in [-0.1, -0.05) is 49.0 Å². The second-order valence-electron chi connectivity index (χ2n) is 4.15. The smallest absolute Gasteiger partial charge is 0.254 e. The van der Waals surface area contributed by atoms with Crippen LogP contribution in [-0.4, -0.2) is 5.91 Å². The molecule has 4 heteroatoms. The summed E-state index contributed by atoms with van der Waals surface area (Å²) >= 11 is 3.48. The molecule has 3 rings (SSSR count). The minimum atomic E-state index is 0.0366. The van der Waals surface area contributed by atoms with Crippen LogP contribution in [0.3, 0.4) is 0 Å². The first kappa shape index (κ1) is 11.8. The monoisotopic (exact) mass is 275 g/mol. The fraction of sp³-hybridized carbons (Fsp3) is 0.214. The standard InChI is InChI=1S/C14H13NOS2/c1-2-10-8-11-12(16)15-13(18-14(11)17-10)9-6-4-3-5-7-9/h3-8,13H,2H2,1H3,(H,15,16)/t13-/m1/s1. The van der Waals surface area contributed by atoms with E-state index in [1.165, 1.54) is 4.88 Å². The van der Waals surface area contributed by atoms with Crippen molar-refractivity contribution in [1.82, 2.24) is 5.32 Å². The van der Waals surface area contributed by atoms with E-state index in [1.807, 2.05) is 24.3 Å². The van der Waals surface area contributed by atoms with Gasteiger partial charge in [0.05, 0.1) is 9.77 Å². The maximum Gasteiger partial charge on any atom is 0.254 e. The zero-order valence-electron chi connectivity index (χ0n) is 9.97. The molecule has 0 saturated heterocycles. The van der Waals surface area contributed by atoms with Gasteiger partial charge < -0.3 is 5.32 Å². The summed E-state index contributed by atoms with van der Waals surface area (Å²) in [5, 5.41) is 3.09. The first-order chi connectivity index (χ1) is 8.78. The highest BCUT2D eigenvalue weighted by atomic mass is 32.2. The van der Waals surface area contributed by atoms with Crippen LogP contribution in [0.2, 0.25) is 0 Å². The molecular weight excluding hydrogens is 262 g/mol. The van der Waals surface area contributed by atoms with Crippen LogP contribution in [0.25, 0.3) is 0 Å². The maximum atomic E-state index is 12.1. The van der Waals surface area contributed by atoms with Gasteiger partial charge in [0.25, 0.3) is 5.91 Å². The number of amides is 1. The van der Waals surface area contributed by atoms with E-state index in [0.29, 0.717) is 0 Å². The Morgan fingerprint density at radius 3 is 2.78 bits per heavy atom. The molecule has 2 nitrogen and oxygen atoms in total. The highest BCUT2D eigenvalue weighted by Gasteiger charge is 2.27. The predicted octanol–water partition coefficient (Wildman–Crippen LogP) is 3.84. The van der Waals surface area contributed by atoms with Gasteiger partial charge in [-0.15, -0.1) is 11.3 Å². The largest absolute Gasteiger partial charge is 0.336 e. The van der Waals surface area contributed by atoms with Crippen molar-refractivity contribution < 1.29 is 4.79 Å². The van der Waals surface area contributed by atoms with Gasteiger partial charge in [0.1, 0.15) is 5.37 Å². The van der Waals surface area contributed by atoms with Gasteiger partial charge in [0.2, 0.25) is 0 Å². The number of aryl methyl sites for hydroxylation is 1. The van der Waals surface area contributed by atoms with E-state index in [-0.39, 0.29) is 11.3 Å². The van der Waals surface area contributed by atoms with E-state index in [0.717, 1.165) is 21.8 Å². The molecule has 1 aliphatic heterocycles. The van der Waals surface area contributed by atoms with E-state index < -0.39 is 0 Å². The average molecular weight is 275 g/mol. The quantitative estimate of drug-likeness (QED) is 0.902. The summed E-state index contributed by atoms with van der Waals surface area (Å²) in [6.07, 6.45) is 0.988. The molecule has 0 saturated carbocycles. The Balaban J connectivity index is 1.94. The van der Waals surface area contributed by atoms with Gasteiger partial charge in [-0.3, -0.25) is 4.79 Å². The molecule has 1 aromatic heterocycles. The molecule has 0 spiro atoms. The van der Waals surface area contributed by atoms with E-state index >= 15 is 0 Å². The van der Waals surface area contributed by atoms with Crippen LogP contribution in [0, 0.1) is 0 Å². The van der Waals surface area contributed by atoms with Crippen LogP contribution in [0.5, 0.6) is 0 Å². The van der Waals surface area contributed by atoms with Crippen molar-refractivity contribution >= 4 is 29.0 Å². The van der Waals surface area contributed by atoms with Crippen LogP contribution >= 0.6 is 23.1 Å². The Morgan fingerprint density at radius 2 is 2.06 bits per heavy atom. The van der Waals surface area contributed by atoms with Gasteiger partial charge in [-0.05, 0) is 18.1 Å². The number of carbonyl (C=O) groups is 1. The fourth-order valence-electron chi connectivity index (χ4n) is 1.96. The predicted molar refractivity (Wildman–Crippen MR) is 76.2 cm³/mol. The lowest BCUT2D eigenvalue weighted by atomic mass is 10.2. The molecule has 1 atom stereocenters. The van der Waals surface area contributed by atoms with Gasteiger partial charge in [-0.25, -0.2) is 0 Å². The second kappa shape index (κ2) is 4.78. The molecule has 18 heavy (non-hydrogen) atoms. The van der Waals surface area contributed by atoms with Crippen LogP contribution in [-0.2, 0) is 6.42 Å². The van der Waals surface area contributed by atoms with Crippen molar-refractivity contribution in [1.29, 1.82) is 0 Å². The first-order valence-corrected chi connectivity index (χ1v) is 7.62. The molecule has 0 fully saturated rings. The topological polar surface area (TPSA) is 29.1 Å². The number of thiophene rings is 1. The van der Waals surface area contributed by atoms with Crippen LogP contribution < -0.4 is 5.32 Å². The number of benzene rings is 1. The normalized spacial score (nSPS) is 18.3. The summed E-state index contributed by atoms with van der Waals surface area (Å²) in [6, 6.07) is 12.1. The lowest BCUT2D eigenvalue weighted by Gasteiger charge is -2.22. The SMILES string of the molecule is CCc1cc2c(s1)S[C@H](c1ccccc1)NC2=O. The zero-order chi connectivity index (χ0) is 12.5. The zero-order valence-corrected chi connectivity index (χ0v) is 11.6. The fourth-order valence-corrected chi connectivity index (χ4v) is 4.53. The third kappa shape index (κ3) is 2.06. The summed E-state index contributed by atoms with van der Waals surface area (Å²) < 4.78 is 1.14. The number of rotatable bonds is 2. The third-order valence-corrected chi connectivity index (χ3v) is 5.60. The number of nitrogens with one attached hydrogen (secondary N) is 1. The number of fused-ring (bicyclic) bond motifs is 1. The molecule has 0 radical (unpaired) electrons. The number of carbonyl (C=O) groups excluding carboxylic acids is 1.